The summed E-state index contributed by atoms with van der Waals surface area (Å²) in [6.45, 7) is 0. The van der Waals surface area contributed by atoms with Gasteiger partial charge in [0.15, 0.2) is 0 Å². The van der Waals surface area contributed by atoms with Crippen molar-refractivity contribution in [2.75, 3.05) is 28.4 Å². The van der Waals surface area contributed by atoms with Crippen LogP contribution in [0.3, 0.4) is 0 Å². The van der Waals surface area contributed by atoms with Gasteiger partial charge in [0.05, 0.1) is 28.4 Å². The molecule has 0 fully saturated rings. The largest absolute Gasteiger partial charge is 0.453 e. The summed E-state index contributed by atoms with van der Waals surface area (Å²) in [6, 6.07) is 0. The first-order valence-corrected chi connectivity index (χ1v) is 3.10. The molecule has 0 radical (unpaired) electrons. The van der Waals surface area contributed by atoms with Gasteiger partial charge in [-0.1, -0.05) is 10.2 Å². The Morgan fingerprint density at radius 2 is 0.917 bits per heavy atom. The van der Waals surface area contributed by atoms with Crippen molar-refractivity contribution in [3.8, 4) is 0 Å². The number of ether oxygens (including phenoxy) is 4. The first-order chi connectivity index (χ1) is 5.78. The third-order valence-electron chi connectivity index (χ3n) is 0.912. The molecule has 0 aliphatic heterocycles. The highest BCUT2D eigenvalue weighted by Crippen LogP contribution is 1.86. The zero-order valence-corrected chi connectivity index (χ0v) is 7.53. The van der Waals surface area contributed by atoms with Crippen LogP contribution in [0.2, 0.25) is 0 Å². The number of nitrogens with zero attached hydrogens (tertiary/aromatic N) is 2. The highest BCUT2D eigenvalue weighted by atomic mass is 16.7. The number of rotatable bonds is 1. The quantitative estimate of drug-likeness (QED) is 0.325. The van der Waals surface area contributed by atoms with Gasteiger partial charge in [-0.3, -0.25) is 0 Å². The van der Waals surface area contributed by atoms with Gasteiger partial charge in [-0.2, -0.15) is 0 Å². The molecular formula is C6H12N2O4. The van der Waals surface area contributed by atoms with Crippen molar-refractivity contribution in [2.24, 2.45) is 10.2 Å². The van der Waals surface area contributed by atoms with Crippen LogP contribution in [-0.2, 0) is 18.9 Å². The molecule has 0 atom stereocenters. The van der Waals surface area contributed by atoms with Gasteiger partial charge in [0.1, 0.15) is 0 Å². The molecule has 6 heteroatoms. The fourth-order valence-electron chi connectivity index (χ4n) is 0.412. The van der Waals surface area contributed by atoms with Gasteiger partial charge in [-0.05, 0) is 0 Å². The number of hydrogen-bond acceptors (Lipinski definition) is 6. The minimum absolute atomic E-state index is 0.0293. The second-order valence-corrected chi connectivity index (χ2v) is 1.55. The summed E-state index contributed by atoms with van der Waals surface area (Å²) in [7, 11) is 5.66. The van der Waals surface area contributed by atoms with Crippen LogP contribution in [0.4, 0.5) is 0 Å². The van der Waals surface area contributed by atoms with Crippen LogP contribution in [0.15, 0.2) is 10.2 Å². The predicted molar refractivity (Wildman–Crippen MR) is 42.9 cm³/mol. The first kappa shape index (κ1) is 10.5. The predicted octanol–water partition coefficient (Wildman–Crippen LogP) is 0.199. The fraction of sp³-hybridized carbons (Fsp3) is 0.667. The Balaban J connectivity index is 4.20. The Morgan fingerprint density at radius 3 is 1.08 bits per heavy atom. The normalized spacial score (nSPS) is 8.00. The third-order valence-corrected chi connectivity index (χ3v) is 0.912. The van der Waals surface area contributed by atoms with Gasteiger partial charge >= 0.3 is 12.2 Å². The lowest BCUT2D eigenvalue weighted by Crippen LogP contribution is -2.06. The molecule has 0 saturated heterocycles. The maximum absolute atomic E-state index is 4.65. The SMILES string of the molecule is COC(=NN=C(OC)OC)OC. The Kier molecular flexibility index (Phi) is 5.50. The van der Waals surface area contributed by atoms with Crippen molar-refractivity contribution < 1.29 is 18.9 Å². The average molecular weight is 176 g/mol. The topological polar surface area (TPSA) is 61.6 Å². The molecule has 0 amide bonds. The molecule has 70 valence electrons. The summed E-state index contributed by atoms with van der Waals surface area (Å²) >= 11 is 0. The summed E-state index contributed by atoms with van der Waals surface area (Å²) < 4.78 is 18.6. The second kappa shape index (κ2) is 6.26. The van der Waals surface area contributed by atoms with Gasteiger partial charge < -0.3 is 18.9 Å². The highest BCUT2D eigenvalue weighted by molar-refractivity contribution is 5.70. The Labute approximate surface area is 70.8 Å². The zero-order chi connectivity index (χ0) is 9.40. The van der Waals surface area contributed by atoms with Gasteiger partial charge in [-0.15, -0.1) is 0 Å². The molecule has 0 aromatic carbocycles. The van der Waals surface area contributed by atoms with Crippen molar-refractivity contribution in [2.45, 2.75) is 0 Å². The van der Waals surface area contributed by atoms with Crippen molar-refractivity contribution in [1.29, 1.82) is 0 Å². The molecular weight excluding hydrogens is 164 g/mol. The van der Waals surface area contributed by atoms with Gasteiger partial charge in [0, 0.05) is 0 Å². The van der Waals surface area contributed by atoms with E-state index in [1.807, 2.05) is 0 Å². The van der Waals surface area contributed by atoms with E-state index in [1.54, 1.807) is 0 Å². The van der Waals surface area contributed by atoms with E-state index in [0.717, 1.165) is 0 Å². The van der Waals surface area contributed by atoms with Crippen LogP contribution in [0, 0.1) is 0 Å². The van der Waals surface area contributed by atoms with E-state index < -0.39 is 0 Å². The van der Waals surface area contributed by atoms with E-state index >= 15 is 0 Å². The number of hydrogen-bond donors (Lipinski definition) is 0. The van der Waals surface area contributed by atoms with E-state index in [9.17, 15) is 0 Å². The molecule has 0 N–H and O–H groups in total. The lowest BCUT2D eigenvalue weighted by molar-refractivity contribution is 0.230. The summed E-state index contributed by atoms with van der Waals surface area (Å²) in [6.07, 6.45) is 0.0585. The maximum Gasteiger partial charge on any atom is 0.407 e. The van der Waals surface area contributed by atoms with E-state index in [0.29, 0.717) is 0 Å². The van der Waals surface area contributed by atoms with E-state index in [2.05, 4.69) is 29.2 Å². The molecule has 0 unspecified atom stereocenters. The average Bonchev–Trinajstić information content (AvgIpc) is 2.13. The minimum Gasteiger partial charge on any atom is -0.453 e. The lowest BCUT2D eigenvalue weighted by atomic mass is 11.2. The second-order valence-electron chi connectivity index (χ2n) is 1.55. The monoisotopic (exact) mass is 176 g/mol. The minimum atomic E-state index is 0.0293. The summed E-state index contributed by atoms with van der Waals surface area (Å²) in [5, 5.41) is 7.03. The smallest absolute Gasteiger partial charge is 0.407 e. The van der Waals surface area contributed by atoms with Crippen molar-refractivity contribution in [3.63, 3.8) is 0 Å². The fourth-order valence-corrected chi connectivity index (χ4v) is 0.412. The van der Waals surface area contributed by atoms with Gasteiger partial charge in [0.2, 0.25) is 0 Å². The lowest BCUT2D eigenvalue weighted by Gasteiger charge is -2.00. The first-order valence-electron chi connectivity index (χ1n) is 3.10. The Hall–Kier alpha value is -1.46. The van der Waals surface area contributed by atoms with E-state index in [-0.39, 0.29) is 12.2 Å². The van der Waals surface area contributed by atoms with Crippen molar-refractivity contribution >= 4 is 12.2 Å². The maximum atomic E-state index is 4.65. The van der Waals surface area contributed by atoms with Crippen LogP contribution in [-0.4, -0.2) is 40.6 Å². The molecule has 0 rings (SSSR count). The van der Waals surface area contributed by atoms with Crippen molar-refractivity contribution in [3.05, 3.63) is 0 Å². The van der Waals surface area contributed by atoms with Crippen LogP contribution in [0.25, 0.3) is 0 Å². The molecule has 0 aliphatic carbocycles. The van der Waals surface area contributed by atoms with E-state index in [4.69, 9.17) is 0 Å². The standard InChI is InChI=1S/C6H12N2O4/c1-9-5(10-2)7-8-6(11-3)12-4/h1-4H3. The Morgan fingerprint density at radius 1 is 0.667 bits per heavy atom. The molecule has 12 heavy (non-hydrogen) atoms. The molecule has 0 aliphatic rings. The zero-order valence-electron chi connectivity index (χ0n) is 7.53. The Bertz CT molecular complexity index is 146. The van der Waals surface area contributed by atoms with Crippen LogP contribution in [0.1, 0.15) is 0 Å². The van der Waals surface area contributed by atoms with Gasteiger partial charge in [-0.25, -0.2) is 0 Å². The molecule has 6 nitrogen and oxygen atoms in total. The summed E-state index contributed by atoms with van der Waals surface area (Å²) in [5.41, 5.74) is 0. The molecule has 0 bridgehead atoms. The van der Waals surface area contributed by atoms with E-state index in [1.165, 1.54) is 28.4 Å². The molecule has 0 spiro atoms. The summed E-state index contributed by atoms with van der Waals surface area (Å²) in [4.78, 5) is 0. The van der Waals surface area contributed by atoms with Crippen LogP contribution >= 0.6 is 0 Å². The molecule has 0 aromatic rings. The van der Waals surface area contributed by atoms with Crippen LogP contribution < -0.4 is 0 Å². The third kappa shape index (κ3) is 3.65. The molecule has 0 saturated carbocycles. The number of methoxy groups -OCH3 is 4. The van der Waals surface area contributed by atoms with Gasteiger partial charge in [0.25, 0.3) is 0 Å². The van der Waals surface area contributed by atoms with Crippen LogP contribution in [0.5, 0.6) is 0 Å². The van der Waals surface area contributed by atoms with Crippen molar-refractivity contribution in [1.82, 2.24) is 0 Å². The molecule has 0 aromatic heterocycles. The summed E-state index contributed by atoms with van der Waals surface area (Å²) in [5.74, 6) is 0. The highest BCUT2D eigenvalue weighted by Gasteiger charge is 1.97. The molecule has 0 heterocycles.